The largest absolute Gasteiger partial charge is 0.353 e. The van der Waals surface area contributed by atoms with E-state index in [-0.39, 0.29) is 17.9 Å². The summed E-state index contributed by atoms with van der Waals surface area (Å²) in [7, 11) is 0. The number of halogens is 1. The summed E-state index contributed by atoms with van der Waals surface area (Å²) >= 11 is 6.50. The van der Waals surface area contributed by atoms with E-state index in [0.717, 1.165) is 11.1 Å². The molecule has 1 unspecified atom stereocenters. The van der Waals surface area contributed by atoms with Crippen molar-refractivity contribution in [2.75, 3.05) is 0 Å². The first-order valence-corrected chi connectivity index (χ1v) is 7.57. The molecule has 21 heavy (non-hydrogen) atoms. The van der Waals surface area contributed by atoms with Gasteiger partial charge in [-0.25, -0.2) is 0 Å². The molecule has 2 aromatic carbocycles. The van der Waals surface area contributed by atoms with E-state index in [4.69, 9.17) is 11.6 Å². The highest BCUT2D eigenvalue weighted by atomic mass is 35.5. The van der Waals surface area contributed by atoms with Gasteiger partial charge >= 0.3 is 0 Å². The topological polar surface area (TPSA) is 29.1 Å². The smallest absolute Gasteiger partial charge is 0.239 e. The Kier molecular flexibility index (Phi) is 5.40. The first-order valence-electron chi connectivity index (χ1n) is 7.14. The van der Waals surface area contributed by atoms with Crippen LogP contribution in [0.25, 0.3) is 0 Å². The Morgan fingerprint density at radius 3 is 1.71 bits per heavy atom. The van der Waals surface area contributed by atoms with Crippen molar-refractivity contribution < 1.29 is 4.79 Å². The van der Waals surface area contributed by atoms with Crippen LogP contribution in [0.2, 0.25) is 0 Å². The van der Waals surface area contributed by atoms with Crippen molar-refractivity contribution in [1.29, 1.82) is 0 Å². The Hall–Kier alpha value is -1.80. The van der Waals surface area contributed by atoms with Gasteiger partial charge < -0.3 is 5.32 Å². The molecule has 0 saturated carbocycles. The first kappa shape index (κ1) is 15.6. The van der Waals surface area contributed by atoms with Crippen molar-refractivity contribution in [2.45, 2.75) is 31.2 Å². The zero-order valence-electron chi connectivity index (χ0n) is 12.3. The van der Waals surface area contributed by atoms with Crippen molar-refractivity contribution in [3.05, 3.63) is 71.8 Å². The second-order valence-electron chi connectivity index (χ2n) is 5.36. The Bertz CT molecular complexity index is 529. The lowest BCUT2D eigenvalue weighted by Gasteiger charge is -2.23. The maximum absolute atomic E-state index is 12.3. The van der Waals surface area contributed by atoms with E-state index in [2.05, 4.69) is 5.32 Å². The number of hydrogen-bond donors (Lipinski definition) is 1. The fourth-order valence-corrected chi connectivity index (χ4v) is 2.72. The summed E-state index contributed by atoms with van der Waals surface area (Å²) in [5.41, 5.74) is 2.09. The summed E-state index contributed by atoms with van der Waals surface area (Å²) in [6.07, 6.45) is 0. The number of alkyl halides is 1. The van der Waals surface area contributed by atoms with Gasteiger partial charge in [-0.1, -0.05) is 60.7 Å². The normalized spacial score (nSPS) is 12.4. The molecule has 1 N–H and O–H groups in total. The lowest BCUT2D eigenvalue weighted by molar-refractivity contribution is -0.121. The number of rotatable bonds is 5. The first-order chi connectivity index (χ1) is 10.1. The summed E-state index contributed by atoms with van der Waals surface area (Å²) < 4.78 is 0. The molecule has 0 aromatic heterocycles. The lowest BCUT2D eigenvalue weighted by atomic mass is 9.88. The lowest BCUT2D eigenvalue weighted by Crippen LogP contribution is -2.39. The minimum absolute atomic E-state index is 0.0750. The van der Waals surface area contributed by atoms with Gasteiger partial charge in [0, 0.05) is 12.0 Å². The van der Waals surface area contributed by atoms with Gasteiger partial charge in [0.15, 0.2) is 0 Å². The molecule has 0 aliphatic rings. The molecule has 1 amide bonds. The molecule has 0 spiro atoms. The van der Waals surface area contributed by atoms with Crippen LogP contribution in [0.1, 0.15) is 30.9 Å². The molecular weight excluding hydrogens is 282 g/mol. The SMILES string of the molecule is CC(C)NC(=O)C(Cl)C(c1ccccc1)c1ccccc1. The minimum Gasteiger partial charge on any atom is -0.353 e. The minimum atomic E-state index is -0.641. The molecule has 110 valence electrons. The Labute approximate surface area is 131 Å². The summed E-state index contributed by atoms with van der Waals surface area (Å²) in [6.45, 7) is 3.86. The van der Waals surface area contributed by atoms with Crippen molar-refractivity contribution in [3.8, 4) is 0 Å². The van der Waals surface area contributed by atoms with Crippen molar-refractivity contribution >= 4 is 17.5 Å². The van der Waals surface area contributed by atoms with Gasteiger partial charge in [-0.3, -0.25) is 4.79 Å². The Morgan fingerprint density at radius 1 is 0.905 bits per heavy atom. The molecule has 0 heterocycles. The highest BCUT2D eigenvalue weighted by Gasteiger charge is 2.29. The molecule has 2 aromatic rings. The molecule has 0 fully saturated rings. The summed E-state index contributed by atoms with van der Waals surface area (Å²) in [5.74, 6) is -0.294. The van der Waals surface area contributed by atoms with Crippen LogP contribution in [-0.2, 0) is 4.79 Å². The maximum atomic E-state index is 12.3. The van der Waals surface area contributed by atoms with Crippen molar-refractivity contribution in [3.63, 3.8) is 0 Å². The van der Waals surface area contributed by atoms with Crippen molar-refractivity contribution in [2.24, 2.45) is 0 Å². The zero-order chi connectivity index (χ0) is 15.2. The zero-order valence-corrected chi connectivity index (χ0v) is 13.0. The van der Waals surface area contributed by atoms with Crippen LogP contribution in [0.15, 0.2) is 60.7 Å². The van der Waals surface area contributed by atoms with Crippen LogP contribution in [-0.4, -0.2) is 17.3 Å². The monoisotopic (exact) mass is 301 g/mol. The van der Waals surface area contributed by atoms with Crippen LogP contribution in [0.5, 0.6) is 0 Å². The summed E-state index contributed by atoms with van der Waals surface area (Å²) in [5, 5.41) is 2.25. The third-order valence-corrected chi connectivity index (χ3v) is 3.74. The van der Waals surface area contributed by atoms with E-state index < -0.39 is 5.38 Å². The van der Waals surface area contributed by atoms with E-state index in [0.29, 0.717) is 0 Å². The molecular formula is C18H20ClNO. The molecule has 0 radical (unpaired) electrons. The Balaban J connectivity index is 2.35. The van der Waals surface area contributed by atoms with Gasteiger partial charge in [-0.15, -0.1) is 11.6 Å². The second-order valence-corrected chi connectivity index (χ2v) is 5.83. The predicted octanol–water partition coefficient (Wildman–Crippen LogP) is 3.95. The van der Waals surface area contributed by atoms with Gasteiger partial charge in [-0.2, -0.15) is 0 Å². The van der Waals surface area contributed by atoms with Crippen LogP contribution in [0, 0.1) is 0 Å². The molecule has 2 nitrogen and oxygen atoms in total. The quantitative estimate of drug-likeness (QED) is 0.832. The van der Waals surface area contributed by atoms with Gasteiger partial charge in [0.2, 0.25) is 5.91 Å². The Morgan fingerprint density at radius 2 is 1.33 bits per heavy atom. The molecule has 3 heteroatoms. The molecule has 1 atom stereocenters. The second kappa shape index (κ2) is 7.28. The van der Waals surface area contributed by atoms with Gasteiger partial charge in [0.05, 0.1) is 0 Å². The maximum Gasteiger partial charge on any atom is 0.239 e. The van der Waals surface area contributed by atoms with Crippen LogP contribution >= 0.6 is 11.6 Å². The van der Waals surface area contributed by atoms with E-state index in [1.165, 1.54) is 0 Å². The van der Waals surface area contributed by atoms with E-state index >= 15 is 0 Å². The third kappa shape index (κ3) is 4.08. The number of carbonyl (C=O) groups excluding carboxylic acids is 1. The molecule has 0 bridgehead atoms. The number of nitrogens with one attached hydrogen (secondary N) is 1. The highest BCUT2D eigenvalue weighted by Crippen LogP contribution is 2.31. The average molecular weight is 302 g/mol. The van der Waals surface area contributed by atoms with Crippen molar-refractivity contribution in [1.82, 2.24) is 5.32 Å². The summed E-state index contributed by atoms with van der Waals surface area (Å²) in [4.78, 5) is 12.3. The average Bonchev–Trinajstić information content (AvgIpc) is 2.49. The van der Waals surface area contributed by atoms with Crippen LogP contribution in [0.3, 0.4) is 0 Å². The van der Waals surface area contributed by atoms with E-state index in [9.17, 15) is 4.79 Å². The van der Waals surface area contributed by atoms with Crippen LogP contribution in [0.4, 0.5) is 0 Å². The number of carbonyl (C=O) groups is 1. The number of hydrogen-bond acceptors (Lipinski definition) is 1. The molecule has 2 rings (SSSR count). The van der Waals surface area contributed by atoms with Gasteiger partial charge in [0.1, 0.15) is 5.38 Å². The fraction of sp³-hybridized carbons (Fsp3) is 0.278. The van der Waals surface area contributed by atoms with Crippen LogP contribution < -0.4 is 5.32 Å². The summed E-state index contributed by atoms with van der Waals surface area (Å²) in [6, 6.07) is 19.9. The van der Waals surface area contributed by atoms with E-state index in [1.807, 2.05) is 74.5 Å². The molecule has 0 saturated heterocycles. The predicted molar refractivity (Wildman–Crippen MR) is 87.6 cm³/mol. The van der Waals surface area contributed by atoms with Gasteiger partial charge in [0.25, 0.3) is 0 Å². The third-order valence-electron chi connectivity index (χ3n) is 3.29. The fourth-order valence-electron chi connectivity index (χ4n) is 2.37. The van der Waals surface area contributed by atoms with Gasteiger partial charge in [-0.05, 0) is 25.0 Å². The standard InChI is InChI=1S/C18H20ClNO/c1-13(2)20-18(21)17(19)16(14-9-5-3-6-10-14)15-11-7-4-8-12-15/h3-13,16-17H,1-2H3,(H,20,21). The molecule has 0 aliphatic carbocycles. The number of benzene rings is 2. The number of amides is 1. The molecule has 0 aliphatic heterocycles. The van der Waals surface area contributed by atoms with E-state index in [1.54, 1.807) is 0 Å². The highest BCUT2D eigenvalue weighted by molar-refractivity contribution is 6.31.